The van der Waals surface area contributed by atoms with Gasteiger partial charge in [0.15, 0.2) is 11.6 Å². The van der Waals surface area contributed by atoms with E-state index >= 15 is 0 Å². The van der Waals surface area contributed by atoms with Gasteiger partial charge >= 0.3 is 0 Å². The fourth-order valence-corrected chi connectivity index (χ4v) is 4.89. The molecule has 0 saturated carbocycles. The molecule has 4 aliphatic heterocycles. The van der Waals surface area contributed by atoms with Crippen LogP contribution in [0, 0.1) is 11.8 Å². The average Bonchev–Trinajstić information content (AvgIpc) is 3.29. The van der Waals surface area contributed by atoms with Crippen molar-refractivity contribution in [2.24, 2.45) is 11.8 Å². The molecule has 164 valence electrons. The molecule has 1 amide bonds. The number of hydrogen-bond donors (Lipinski definition) is 3. The number of ketones is 1. The summed E-state index contributed by atoms with van der Waals surface area (Å²) in [4.78, 5) is 23.3. The number of hydrogen-bond acceptors (Lipinski definition) is 7. The SMILES string of the molecule is CC(/C=C/C(O)=C1/C(=O)CNC1=O)=C\[C@@H](C)[C@H]1O[C@@]2(C)O[C@@H]([C@H]1C)[C@@H](O)[C@@H]1O[C@@]12C. The van der Waals surface area contributed by atoms with Crippen molar-refractivity contribution in [3.05, 3.63) is 35.1 Å². The average molecular weight is 419 g/mol. The highest BCUT2D eigenvalue weighted by molar-refractivity contribution is 6.25. The van der Waals surface area contributed by atoms with Crippen molar-refractivity contribution in [2.45, 2.75) is 70.4 Å². The molecule has 4 aliphatic rings. The van der Waals surface area contributed by atoms with E-state index < -0.39 is 29.2 Å². The zero-order valence-electron chi connectivity index (χ0n) is 17.8. The minimum absolute atomic E-state index is 0.0207. The first kappa shape index (κ1) is 21.2. The molecule has 0 aliphatic carbocycles. The van der Waals surface area contributed by atoms with Crippen LogP contribution in [0.2, 0.25) is 0 Å². The van der Waals surface area contributed by atoms with Crippen LogP contribution < -0.4 is 5.32 Å². The number of carbonyl (C=O) groups is 2. The van der Waals surface area contributed by atoms with Gasteiger partial charge in [0.2, 0.25) is 0 Å². The zero-order chi connectivity index (χ0) is 22.0. The fraction of sp³-hybridized carbons (Fsp3) is 0.636. The quantitative estimate of drug-likeness (QED) is 0.207. The molecule has 8 heteroatoms. The van der Waals surface area contributed by atoms with E-state index in [1.807, 2.05) is 40.7 Å². The van der Waals surface area contributed by atoms with E-state index in [9.17, 15) is 19.8 Å². The molecular weight excluding hydrogens is 390 g/mol. The maximum Gasteiger partial charge on any atom is 0.259 e. The van der Waals surface area contributed by atoms with Crippen LogP contribution in [0.5, 0.6) is 0 Å². The van der Waals surface area contributed by atoms with Crippen LogP contribution in [-0.4, -0.2) is 64.3 Å². The maximum absolute atomic E-state index is 11.7. The summed E-state index contributed by atoms with van der Waals surface area (Å²) in [5, 5.41) is 23.1. The molecule has 4 saturated heterocycles. The minimum atomic E-state index is -0.927. The van der Waals surface area contributed by atoms with Crippen LogP contribution in [-0.2, 0) is 23.8 Å². The highest BCUT2D eigenvalue weighted by Gasteiger charge is 2.76. The first-order valence-corrected chi connectivity index (χ1v) is 10.3. The Morgan fingerprint density at radius 2 is 1.93 bits per heavy atom. The van der Waals surface area contributed by atoms with Crippen LogP contribution in [0.25, 0.3) is 0 Å². The van der Waals surface area contributed by atoms with Gasteiger partial charge in [-0.3, -0.25) is 9.59 Å². The van der Waals surface area contributed by atoms with Crippen molar-refractivity contribution < 1.29 is 34.0 Å². The number of ether oxygens (including phenoxy) is 3. The van der Waals surface area contributed by atoms with Crippen LogP contribution in [0.1, 0.15) is 34.6 Å². The second-order valence-electron chi connectivity index (χ2n) is 9.08. The van der Waals surface area contributed by atoms with E-state index in [1.165, 1.54) is 6.08 Å². The van der Waals surface area contributed by atoms with Crippen molar-refractivity contribution in [3.63, 3.8) is 0 Å². The molecule has 8 nitrogen and oxygen atoms in total. The predicted molar refractivity (Wildman–Crippen MR) is 106 cm³/mol. The number of Topliss-reactive ketones (excluding diaryl/α,β-unsaturated/α-hetero) is 1. The lowest BCUT2D eigenvalue weighted by molar-refractivity contribution is -0.373. The molecule has 30 heavy (non-hydrogen) atoms. The molecule has 0 aromatic carbocycles. The molecule has 0 radical (unpaired) electrons. The molecule has 4 heterocycles. The smallest absolute Gasteiger partial charge is 0.259 e. The Kier molecular flexibility index (Phi) is 4.97. The lowest BCUT2D eigenvalue weighted by Gasteiger charge is -2.53. The van der Waals surface area contributed by atoms with E-state index in [2.05, 4.69) is 5.32 Å². The van der Waals surface area contributed by atoms with E-state index in [4.69, 9.17) is 14.2 Å². The first-order valence-electron chi connectivity index (χ1n) is 10.3. The molecule has 0 aromatic rings. The van der Waals surface area contributed by atoms with Gasteiger partial charge in [0, 0.05) is 11.8 Å². The first-order chi connectivity index (χ1) is 14.0. The third-order valence-corrected chi connectivity index (χ3v) is 6.88. The van der Waals surface area contributed by atoms with E-state index in [0.29, 0.717) is 0 Å². The van der Waals surface area contributed by atoms with Crippen LogP contribution in [0.15, 0.2) is 35.1 Å². The second kappa shape index (κ2) is 7.02. The molecule has 3 N–H and O–H groups in total. The normalized spacial score (nSPS) is 45.9. The molecule has 0 aromatic heterocycles. The number of nitrogens with one attached hydrogen (secondary N) is 1. The molecule has 8 atom stereocenters. The van der Waals surface area contributed by atoms with E-state index in [0.717, 1.165) is 5.57 Å². The van der Waals surface area contributed by atoms with Crippen molar-refractivity contribution in [1.82, 2.24) is 5.32 Å². The second-order valence-corrected chi connectivity index (χ2v) is 9.08. The van der Waals surface area contributed by atoms with Gasteiger partial charge in [-0.2, -0.15) is 0 Å². The van der Waals surface area contributed by atoms with Crippen LogP contribution >= 0.6 is 0 Å². The summed E-state index contributed by atoms with van der Waals surface area (Å²) in [7, 11) is 0. The number of aliphatic hydroxyl groups excluding tert-OH is 2. The highest BCUT2D eigenvalue weighted by Crippen LogP contribution is 2.58. The van der Waals surface area contributed by atoms with Crippen molar-refractivity contribution in [2.75, 3.05) is 6.54 Å². The molecule has 4 fully saturated rings. The molecule has 0 spiro atoms. The lowest BCUT2D eigenvalue weighted by atomic mass is 9.77. The van der Waals surface area contributed by atoms with Gasteiger partial charge in [-0.1, -0.05) is 31.6 Å². The third-order valence-electron chi connectivity index (χ3n) is 6.88. The van der Waals surface area contributed by atoms with Gasteiger partial charge in [0.1, 0.15) is 29.1 Å². The van der Waals surface area contributed by atoms with E-state index in [1.54, 1.807) is 6.08 Å². The minimum Gasteiger partial charge on any atom is -0.507 e. The van der Waals surface area contributed by atoms with Gasteiger partial charge in [-0.25, -0.2) is 0 Å². The monoisotopic (exact) mass is 419 g/mol. The standard InChI is InChI=1S/C22H29NO7/c1-10(6-7-13(24)15-14(25)9-23-20(15)27)8-11(2)17-12(3)18-16(26)19-21(4,30-19)22(5,28-17)29-18/h6-8,11-12,16-19,24,26H,9H2,1-5H3,(H,23,27)/b7-6+,10-8+,15-13+/t11-,12+,16-,17-,18+,19+,21+,22+/m1/s1. The zero-order valence-corrected chi connectivity index (χ0v) is 17.8. The Labute approximate surface area is 175 Å². The van der Waals surface area contributed by atoms with Crippen molar-refractivity contribution in [3.8, 4) is 0 Å². The largest absolute Gasteiger partial charge is 0.507 e. The van der Waals surface area contributed by atoms with Gasteiger partial charge < -0.3 is 29.7 Å². The topological polar surface area (TPSA) is 118 Å². The Hall–Kier alpha value is -2.00. The lowest BCUT2D eigenvalue weighted by Crippen LogP contribution is -2.67. The molecule has 2 bridgehead atoms. The Morgan fingerprint density at radius 3 is 2.57 bits per heavy atom. The van der Waals surface area contributed by atoms with Crippen molar-refractivity contribution >= 4 is 11.7 Å². The number of rotatable bonds is 4. The maximum atomic E-state index is 11.7. The third kappa shape index (κ3) is 3.13. The number of epoxide rings is 1. The van der Waals surface area contributed by atoms with Gasteiger partial charge in [0.05, 0.1) is 18.8 Å². The highest BCUT2D eigenvalue weighted by atomic mass is 16.8. The number of aliphatic hydroxyl groups is 2. The van der Waals surface area contributed by atoms with Crippen LogP contribution in [0.4, 0.5) is 0 Å². The summed E-state index contributed by atoms with van der Waals surface area (Å²) in [6, 6.07) is 0. The summed E-state index contributed by atoms with van der Waals surface area (Å²) in [6.45, 7) is 9.56. The number of amides is 1. The molecule has 0 unspecified atom stereocenters. The summed E-state index contributed by atoms with van der Waals surface area (Å²) >= 11 is 0. The fourth-order valence-electron chi connectivity index (χ4n) is 4.89. The number of carbonyl (C=O) groups excluding carboxylic acids is 2. The Morgan fingerprint density at radius 1 is 1.23 bits per heavy atom. The summed E-state index contributed by atoms with van der Waals surface area (Å²) in [6.07, 6.45) is 3.46. The van der Waals surface area contributed by atoms with Gasteiger partial charge in [-0.05, 0) is 26.8 Å². The van der Waals surface area contributed by atoms with Gasteiger partial charge in [0.25, 0.3) is 5.91 Å². The summed E-state index contributed by atoms with van der Waals surface area (Å²) in [5.41, 5.74) is -0.0349. The van der Waals surface area contributed by atoms with Crippen molar-refractivity contribution in [1.29, 1.82) is 0 Å². The van der Waals surface area contributed by atoms with E-state index in [-0.39, 0.29) is 48.0 Å². The number of fused-ring (bicyclic) bond motifs is 4. The summed E-state index contributed by atoms with van der Waals surface area (Å²) < 4.78 is 18.2. The molecular formula is C22H29NO7. The number of allylic oxidation sites excluding steroid dienone is 3. The Bertz CT molecular complexity index is 859. The van der Waals surface area contributed by atoms with Gasteiger partial charge in [-0.15, -0.1) is 0 Å². The summed E-state index contributed by atoms with van der Waals surface area (Å²) in [5.74, 6) is -2.33. The Balaban J connectivity index is 1.51. The molecule has 4 rings (SSSR count). The predicted octanol–water partition coefficient (Wildman–Crippen LogP) is 1.30. The van der Waals surface area contributed by atoms with Crippen LogP contribution in [0.3, 0.4) is 0 Å².